The molecule has 0 heterocycles. The van der Waals surface area contributed by atoms with Crippen molar-refractivity contribution < 1.29 is 14.0 Å². The predicted octanol–water partition coefficient (Wildman–Crippen LogP) is 3.85. The van der Waals surface area contributed by atoms with Gasteiger partial charge in [0.1, 0.15) is 5.82 Å². The third kappa shape index (κ3) is 6.59. The standard InChI is InChI=1S/C20H22BrFN2O2/c1-14(7-8-15-5-3-2-4-6-15)24-19(25)11-12-23-20(26)17-13-16(22)9-10-18(17)21/h2-6,9-10,13-14H,7-8,11-12H2,1H3,(H,23,26)(H,24,25). The summed E-state index contributed by atoms with van der Waals surface area (Å²) in [6.07, 6.45) is 1.92. The summed E-state index contributed by atoms with van der Waals surface area (Å²) in [6.45, 7) is 2.16. The van der Waals surface area contributed by atoms with Crippen molar-refractivity contribution in [2.24, 2.45) is 0 Å². The molecule has 0 aliphatic heterocycles. The van der Waals surface area contributed by atoms with E-state index in [-0.39, 0.29) is 30.5 Å². The van der Waals surface area contributed by atoms with E-state index >= 15 is 0 Å². The van der Waals surface area contributed by atoms with Gasteiger partial charge in [-0.3, -0.25) is 9.59 Å². The summed E-state index contributed by atoms with van der Waals surface area (Å²) in [5.41, 5.74) is 1.45. The molecule has 0 aliphatic rings. The van der Waals surface area contributed by atoms with E-state index in [2.05, 4.69) is 38.7 Å². The highest BCUT2D eigenvalue weighted by atomic mass is 79.9. The molecule has 2 amide bonds. The number of benzene rings is 2. The molecule has 138 valence electrons. The zero-order valence-corrected chi connectivity index (χ0v) is 16.2. The lowest BCUT2D eigenvalue weighted by atomic mass is 10.1. The molecule has 2 aromatic carbocycles. The van der Waals surface area contributed by atoms with Gasteiger partial charge in [-0.2, -0.15) is 0 Å². The zero-order valence-electron chi connectivity index (χ0n) is 14.6. The highest BCUT2D eigenvalue weighted by molar-refractivity contribution is 9.10. The van der Waals surface area contributed by atoms with Gasteiger partial charge >= 0.3 is 0 Å². The normalized spacial score (nSPS) is 11.7. The summed E-state index contributed by atoms with van der Waals surface area (Å²) in [7, 11) is 0. The number of carbonyl (C=O) groups is 2. The summed E-state index contributed by atoms with van der Waals surface area (Å²) < 4.78 is 13.7. The number of carbonyl (C=O) groups excluding carboxylic acids is 2. The number of nitrogens with one attached hydrogen (secondary N) is 2. The highest BCUT2D eigenvalue weighted by Crippen LogP contribution is 2.17. The van der Waals surface area contributed by atoms with Crippen LogP contribution in [0.4, 0.5) is 4.39 Å². The Morgan fingerprint density at radius 1 is 1.15 bits per heavy atom. The number of hydrogen-bond acceptors (Lipinski definition) is 2. The van der Waals surface area contributed by atoms with Gasteiger partial charge in [0.25, 0.3) is 5.91 Å². The average molecular weight is 421 g/mol. The zero-order chi connectivity index (χ0) is 18.9. The molecule has 0 aliphatic carbocycles. The molecule has 0 aromatic heterocycles. The quantitative estimate of drug-likeness (QED) is 0.681. The smallest absolute Gasteiger partial charge is 0.252 e. The lowest BCUT2D eigenvalue weighted by Gasteiger charge is -2.14. The molecule has 26 heavy (non-hydrogen) atoms. The predicted molar refractivity (Wildman–Crippen MR) is 103 cm³/mol. The summed E-state index contributed by atoms with van der Waals surface area (Å²) in [6, 6.07) is 14.1. The van der Waals surface area contributed by atoms with Gasteiger partial charge in [-0.15, -0.1) is 0 Å². The largest absolute Gasteiger partial charge is 0.354 e. The summed E-state index contributed by atoms with van der Waals surface area (Å²) in [4.78, 5) is 24.0. The Morgan fingerprint density at radius 2 is 1.88 bits per heavy atom. The van der Waals surface area contributed by atoms with Crippen LogP contribution in [0.15, 0.2) is 53.0 Å². The Bertz CT molecular complexity index is 753. The first-order chi connectivity index (χ1) is 12.5. The van der Waals surface area contributed by atoms with Crippen molar-refractivity contribution in [1.82, 2.24) is 10.6 Å². The molecule has 4 nitrogen and oxygen atoms in total. The number of halogens is 2. The first-order valence-corrected chi connectivity index (χ1v) is 9.31. The Hall–Kier alpha value is -2.21. The van der Waals surface area contributed by atoms with Gasteiger partial charge in [0, 0.05) is 23.5 Å². The Kier molecular flexibility index (Phi) is 7.78. The minimum atomic E-state index is -0.483. The monoisotopic (exact) mass is 420 g/mol. The van der Waals surface area contributed by atoms with Crippen LogP contribution in [0.25, 0.3) is 0 Å². The lowest BCUT2D eigenvalue weighted by Crippen LogP contribution is -2.35. The van der Waals surface area contributed by atoms with E-state index < -0.39 is 11.7 Å². The highest BCUT2D eigenvalue weighted by Gasteiger charge is 2.12. The van der Waals surface area contributed by atoms with E-state index in [4.69, 9.17) is 0 Å². The second-order valence-electron chi connectivity index (χ2n) is 6.12. The molecular weight excluding hydrogens is 399 g/mol. The van der Waals surface area contributed by atoms with Gasteiger partial charge in [0.05, 0.1) is 5.56 Å². The van der Waals surface area contributed by atoms with Crippen LogP contribution in [0.1, 0.15) is 35.7 Å². The van der Waals surface area contributed by atoms with Crippen LogP contribution in [0.2, 0.25) is 0 Å². The number of aryl methyl sites for hydroxylation is 1. The Balaban J connectivity index is 1.69. The molecule has 0 saturated heterocycles. The van der Waals surface area contributed by atoms with Gasteiger partial charge in [-0.05, 0) is 59.5 Å². The van der Waals surface area contributed by atoms with E-state index in [0.29, 0.717) is 4.47 Å². The molecule has 0 radical (unpaired) electrons. The molecular formula is C20H22BrFN2O2. The van der Waals surface area contributed by atoms with Gasteiger partial charge in [0.2, 0.25) is 5.91 Å². The van der Waals surface area contributed by atoms with Gasteiger partial charge < -0.3 is 10.6 Å². The fourth-order valence-corrected chi connectivity index (χ4v) is 2.93. The van der Waals surface area contributed by atoms with Crippen molar-refractivity contribution in [3.8, 4) is 0 Å². The minimum absolute atomic E-state index is 0.0516. The number of rotatable bonds is 8. The van der Waals surface area contributed by atoms with Crippen LogP contribution < -0.4 is 10.6 Å². The van der Waals surface area contributed by atoms with Crippen molar-refractivity contribution in [2.45, 2.75) is 32.2 Å². The molecule has 2 N–H and O–H groups in total. The maximum absolute atomic E-state index is 13.2. The fraction of sp³-hybridized carbons (Fsp3) is 0.300. The molecule has 0 saturated carbocycles. The molecule has 0 fully saturated rings. The maximum Gasteiger partial charge on any atom is 0.252 e. The van der Waals surface area contributed by atoms with Crippen molar-refractivity contribution in [3.05, 3.63) is 69.9 Å². The molecule has 6 heteroatoms. The van der Waals surface area contributed by atoms with Crippen LogP contribution in [-0.2, 0) is 11.2 Å². The van der Waals surface area contributed by atoms with Crippen LogP contribution in [0.3, 0.4) is 0 Å². The minimum Gasteiger partial charge on any atom is -0.354 e. The molecule has 0 bridgehead atoms. The second-order valence-corrected chi connectivity index (χ2v) is 6.98. The summed E-state index contributed by atoms with van der Waals surface area (Å²) in [5.74, 6) is -1.02. The van der Waals surface area contributed by atoms with Gasteiger partial charge in [-0.25, -0.2) is 4.39 Å². The Labute approximate surface area is 161 Å². The first-order valence-electron chi connectivity index (χ1n) is 8.52. The molecule has 1 atom stereocenters. The van der Waals surface area contributed by atoms with E-state index in [9.17, 15) is 14.0 Å². The molecule has 2 aromatic rings. The van der Waals surface area contributed by atoms with Crippen molar-refractivity contribution in [1.29, 1.82) is 0 Å². The van der Waals surface area contributed by atoms with Crippen molar-refractivity contribution in [3.63, 3.8) is 0 Å². The number of hydrogen-bond donors (Lipinski definition) is 2. The maximum atomic E-state index is 13.2. The third-order valence-corrected chi connectivity index (χ3v) is 4.62. The molecule has 0 spiro atoms. The molecule has 1 unspecified atom stereocenters. The van der Waals surface area contributed by atoms with E-state index in [1.165, 1.54) is 17.7 Å². The van der Waals surface area contributed by atoms with Crippen LogP contribution in [-0.4, -0.2) is 24.4 Å². The van der Waals surface area contributed by atoms with E-state index in [1.54, 1.807) is 0 Å². The fourth-order valence-electron chi connectivity index (χ4n) is 2.50. The summed E-state index contributed by atoms with van der Waals surface area (Å²) >= 11 is 3.21. The van der Waals surface area contributed by atoms with Crippen molar-refractivity contribution in [2.75, 3.05) is 6.54 Å². The van der Waals surface area contributed by atoms with Gasteiger partial charge in [-0.1, -0.05) is 30.3 Å². The topological polar surface area (TPSA) is 58.2 Å². The second kappa shape index (κ2) is 10.1. The molecule has 2 rings (SSSR count). The van der Waals surface area contributed by atoms with Crippen LogP contribution in [0, 0.1) is 5.82 Å². The van der Waals surface area contributed by atoms with E-state index in [1.807, 2.05) is 25.1 Å². The number of amides is 2. The van der Waals surface area contributed by atoms with E-state index in [0.717, 1.165) is 18.9 Å². The lowest BCUT2D eigenvalue weighted by molar-refractivity contribution is -0.121. The first kappa shape index (κ1) is 20.1. The van der Waals surface area contributed by atoms with Crippen LogP contribution >= 0.6 is 15.9 Å². The summed E-state index contributed by atoms with van der Waals surface area (Å²) in [5, 5.41) is 5.56. The third-order valence-electron chi connectivity index (χ3n) is 3.93. The Morgan fingerprint density at radius 3 is 2.62 bits per heavy atom. The van der Waals surface area contributed by atoms with Crippen LogP contribution in [0.5, 0.6) is 0 Å². The van der Waals surface area contributed by atoms with Gasteiger partial charge in [0.15, 0.2) is 0 Å². The average Bonchev–Trinajstić information content (AvgIpc) is 2.62. The SMILES string of the molecule is CC(CCc1ccccc1)NC(=O)CCNC(=O)c1cc(F)ccc1Br. The van der Waals surface area contributed by atoms with Crippen molar-refractivity contribution >= 4 is 27.7 Å².